The lowest BCUT2D eigenvalue weighted by Gasteiger charge is -2.25. The minimum absolute atomic E-state index is 0.111. The SMILES string of the molecule is C=CC(=O)OCC(=C)[C@H](OC(=O)C=C)[C@H]1COC(C)(C)O1. The van der Waals surface area contributed by atoms with E-state index >= 15 is 0 Å². The summed E-state index contributed by atoms with van der Waals surface area (Å²) in [6, 6.07) is 0. The number of carbonyl (C=O) groups excluding carboxylic acids is 2. The van der Waals surface area contributed by atoms with Gasteiger partial charge < -0.3 is 18.9 Å². The van der Waals surface area contributed by atoms with Gasteiger partial charge in [0.05, 0.1) is 6.61 Å². The first-order chi connectivity index (χ1) is 9.79. The predicted octanol–water partition coefficient (Wildman–Crippen LogP) is 1.52. The lowest BCUT2D eigenvalue weighted by molar-refractivity contribution is -0.164. The highest BCUT2D eigenvalue weighted by atomic mass is 16.8. The highest BCUT2D eigenvalue weighted by molar-refractivity contribution is 5.82. The highest BCUT2D eigenvalue weighted by Crippen LogP contribution is 2.28. The van der Waals surface area contributed by atoms with Crippen LogP contribution in [0, 0.1) is 0 Å². The quantitative estimate of drug-likeness (QED) is 0.403. The molecule has 1 saturated heterocycles. The van der Waals surface area contributed by atoms with E-state index in [-0.39, 0.29) is 13.2 Å². The van der Waals surface area contributed by atoms with Crippen LogP contribution in [0.2, 0.25) is 0 Å². The Balaban J connectivity index is 2.74. The number of hydrogen-bond acceptors (Lipinski definition) is 6. The molecule has 0 amide bonds. The van der Waals surface area contributed by atoms with Gasteiger partial charge in [0.1, 0.15) is 12.7 Å². The fourth-order valence-electron chi connectivity index (χ4n) is 1.76. The Kier molecular flexibility index (Phi) is 5.87. The molecule has 0 saturated carbocycles. The zero-order valence-corrected chi connectivity index (χ0v) is 12.3. The topological polar surface area (TPSA) is 71.1 Å². The maximum absolute atomic E-state index is 11.4. The Bertz CT molecular complexity index is 451. The van der Waals surface area contributed by atoms with Gasteiger partial charge in [-0.05, 0) is 13.8 Å². The third kappa shape index (κ3) is 5.17. The first kappa shape index (κ1) is 17.1. The van der Waals surface area contributed by atoms with Crippen molar-refractivity contribution in [2.75, 3.05) is 13.2 Å². The van der Waals surface area contributed by atoms with Crippen LogP contribution in [0.15, 0.2) is 37.5 Å². The van der Waals surface area contributed by atoms with Gasteiger partial charge in [-0.15, -0.1) is 0 Å². The van der Waals surface area contributed by atoms with Crippen LogP contribution < -0.4 is 0 Å². The lowest BCUT2D eigenvalue weighted by atomic mass is 10.1. The van der Waals surface area contributed by atoms with Crippen molar-refractivity contribution in [2.45, 2.75) is 31.8 Å². The molecule has 0 radical (unpaired) electrons. The van der Waals surface area contributed by atoms with Gasteiger partial charge in [0.2, 0.25) is 0 Å². The van der Waals surface area contributed by atoms with Gasteiger partial charge in [0, 0.05) is 17.7 Å². The Hall–Kier alpha value is -1.92. The van der Waals surface area contributed by atoms with Crippen molar-refractivity contribution >= 4 is 11.9 Å². The Morgan fingerprint density at radius 3 is 2.43 bits per heavy atom. The maximum Gasteiger partial charge on any atom is 0.330 e. The van der Waals surface area contributed by atoms with E-state index in [1.54, 1.807) is 13.8 Å². The number of rotatable bonds is 7. The van der Waals surface area contributed by atoms with Crippen LogP contribution in [0.5, 0.6) is 0 Å². The minimum Gasteiger partial charge on any atom is -0.458 e. The monoisotopic (exact) mass is 296 g/mol. The third-order valence-electron chi connectivity index (χ3n) is 2.75. The van der Waals surface area contributed by atoms with E-state index < -0.39 is 29.9 Å². The second-order valence-corrected chi connectivity index (χ2v) is 4.90. The first-order valence-corrected chi connectivity index (χ1v) is 6.40. The van der Waals surface area contributed by atoms with E-state index in [9.17, 15) is 9.59 Å². The lowest BCUT2D eigenvalue weighted by Crippen LogP contribution is -2.37. The first-order valence-electron chi connectivity index (χ1n) is 6.40. The molecule has 21 heavy (non-hydrogen) atoms. The highest BCUT2D eigenvalue weighted by Gasteiger charge is 2.40. The molecule has 0 spiro atoms. The maximum atomic E-state index is 11.4. The number of esters is 2. The molecular formula is C15H20O6. The molecule has 116 valence electrons. The Labute approximate surface area is 124 Å². The molecule has 1 fully saturated rings. The van der Waals surface area contributed by atoms with Crippen LogP contribution in [0.3, 0.4) is 0 Å². The number of ether oxygens (including phenoxy) is 4. The molecule has 6 nitrogen and oxygen atoms in total. The zero-order chi connectivity index (χ0) is 16.0. The molecular weight excluding hydrogens is 276 g/mol. The fourth-order valence-corrected chi connectivity index (χ4v) is 1.76. The number of carbonyl (C=O) groups is 2. The molecule has 0 bridgehead atoms. The standard InChI is InChI=1S/C15H20O6/c1-6-12(16)18-8-10(3)14(20-13(17)7-2)11-9-19-15(4,5)21-11/h6-7,11,14H,1-3,8-9H2,4-5H3/t11-,14+/m1/s1. The van der Waals surface area contributed by atoms with Crippen molar-refractivity contribution in [1.82, 2.24) is 0 Å². The van der Waals surface area contributed by atoms with Crippen LogP contribution in [0.4, 0.5) is 0 Å². The zero-order valence-electron chi connectivity index (χ0n) is 12.3. The van der Waals surface area contributed by atoms with Crippen LogP contribution >= 0.6 is 0 Å². The summed E-state index contributed by atoms with van der Waals surface area (Å²) in [5.41, 5.74) is 0.381. The molecule has 6 heteroatoms. The van der Waals surface area contributed by atoms with E-state index in [0.29, 0.717) is 5.57 Å². The summed E-state index contributed by atoms with van der Waals surface area (Å²) in [6.45, 7) is 14.0. The third-order valence-corrected chi connectivity index (χ3v) is 2.75. The van der Waals surface area contributed by atoms with Gasteiger partial charge in [0.15, 0.2) is 11.9 Å². The molecule has 0 N–H and O–H groups in total. The molecule has 0 unspecified atom stereocenters. The Morgan fingerprint density at radius 2 is 1.95 bits per heavy atom. The molecule has 1 rings (SSSR count). The summed E-state index contributed by atoms with van der Waals surface area (Å²) in [5.74, 6) is -1.99. The largest absolute Gasteiger partial charge is 0.458 e. The summed E-state index contributed by atoms with van der Waals surface area (Å²) in [5, 5.41) is 0. The van der Waals surface area contributed by atoms with Gasteiger partial charge >= 0.3 is 11.9 Å². The van der Waals surface area contributed by atoms with E-state index in [1.165, 1.54) is 0 Å². The normalized spacial score (nSPS) is 21.1. The number of hydrogen-bond donors (Lipinski definition) is 0. The Morgan fingerprint density at radius 1 is 1.33 bits per heavy atom. The molecule has 1 aliphatic heterocycles. The van der Waals surface area contributed by atoms with Crippen molar-refractivity contribution in [2.24, 2.45) is 0 Å². The summed E-state index contributed by atoms with van der Waals surface area (Å²) < 4.78 is 21.2. The molecule has 0 aromatic carbocycles. The van der Waals surface area contributed by atoms with Crippen molar-refractivity contribution < 1.29 is 28.5 Å². The van der Waals surface area contributed by atoms with E-state index in [4.69, 9.17) is 18.9 Å². The van der Waals surface area contributed by atoms with Crippen molar-refractivity contribution in [3.63, 3.8) is 0 Å². The predicted molar refractivity (Wildman–Crippen MR) is 75.3 cm³/mol. The molecule has 1 heterocycles. The molecule has 1 aliphatic rings. The van der Waals surface area contributed by atoms with Crippen LogP contribution in [0.25, 0.3) is 0 Å². The second-order valence-electron chi connectivity index (χ2n) is 4.90. The van der Waals surface area contributed by atoms with E-state index in [2.05, 4.69) is 19.7 Å². The molecule has 0 aromatic heterocycles. The van der Waals surface area contributed by atoms with Crippen molar-refractivity contribution in [3.05, 3.63) is 37.5 Å². The van der Waals surface area contributed by atoms with Crippen molar-refractivity contribution in [1.29, 1.82) is 0 Å². The second kappa shape index (κ2) is 7.19. The summed E-state index contributed by atoms with van der Waals surface area (Å²) >= 11 is 0. The van der Waals surface area contributed by atoms with Crippen LogP contribution in [0.1, 0.15) is 13.8 Å². The van der Waals surface area contributed by atoms with Gasteiger partial charge in [0.25, 0.3) is 0 Å². The van der Waals surface area contributed by atoms with Gasteiger partial charge in [-0.2, -0.15) is 0 Å². The fraction of sp³-hybridized carbons (Fsp3) is 0.467. The van der Waals surface area contributed by atoms with Gasteiger partial charge in [-0.3, -0.25) is 0 Å². The molecule has 2 atom stereocenters. The van der Waals surface area contributed by atoms with Crippen LogP contribution in [-0.2, 0) is 28.5 Å². The van der Waals surface area contributed by atoms with Crippen LogP contribution in [-0.4, -0.2) is 43.1 Å². The summed E-state index contributed by atoms with van der Waals surface area (Å²) in [4.78, 5) is 22.5. The molecule has 0 aromatic rings. The smallest absolute Gasteiger partial charge is 0.330 e. The molecule has 0 aliphatic carbocycles. The average Bonchev–Trinajstić information content (AvgIpc) is 2.81. The van der Waals surface area contributed by atoms with Crippen molar-refractivity contribution in [3.8, 4) is 0 Å². The summed E-state index contributed by atoms with van der Waals surface area (Å²) in [6.07, 6.45) is 0.751. The van der Waals surface area contributed by atoms with Gasteiger partial charge in [-0.25, -0.2) is 9.59 Å². The summed E-state index contributed by atoms with van der Waals surface area (Å²) in [7, 11) is 0. The van der Waals surface area contributed by atoms with Gasteiger partial charge in [-0.1, -0.05) is 19.7 Å². The minimum atomic E-state index is -0.796. The average molecular weight is 296 g/mol. The van der Waals surface area contributed by atoms with E-state index in [0.717, 1.165) is 12.2 Å². The van der Waals surface area contributed by atoms with E-state index in [1.807, 2.05) is 0 Å².